The van der Waals surface area contributed by atoms with Crippen LogP contribution in [0.15, 0.2) is 48.5 Å². The van der Waals surface area contributed by atoms with Crippen LogP contribution in [0.1, 0.15) is 17.5 Å². The third kappa shape index (κ3) is 3.53. The van der Waals surface area contributed by atoms with Crippen LogP contribution in [-0.2, 0) is 17.4 Å². The van der Waals surface area contributed by atoms with E-state index >= 15 is 0 Å². The minimum atomic E-state index is -4.40. The van der Waals surface area contributed by atoms with E-state index in [9.17, 15) is 18.0 Å². The van der Waals surface area contributed by atoms with E-state index in [2.05, 4.69) is 5.32 Å². The fourth-order valence-electron chi connectivity index (χ4n) is 2.87. The zero-order valence-electron chi connectivity index (χ0n) is 12.9. The number of aryl methyl sites for hydroxylation is 1. The summed E-state index contributed by atoms with van der Waals surface area (Å²) in [4.78, 5) is 14.2. The summed E-state index contributed by atoms with van der Waals surface area (Å²) in [6, 6.07) is 12.6. The number of nitrogens with one attached hydrogen (secondary N) is 1. The number of benzene rings is 2. The lowest BCUT2D eigenvalue weighted by Crippen LogP contribution is -2.39. The summed E-state index contributed by atoms with van der Waals surface area (Å²) in [6.07, 6.45) is -2.58. The van der Waals surface area contributed by atoms with Crippen LogP contribution in [0, 0.1) is 0 Å². The molecule has 0 atom stereocenters. The molecule has 0 spiro atoms. The summed E-state index contributed by atoms with van der Waals surface area (Å²) in [5.74, 6) is -0.153. The first-order chi connectivity index (χ1) is 11.4. The fraction of sp³-hybridized carbons (Fsp3) is 0.278. The normalized spacial score (nSPS) is 14.2. The van der Waals surface area contributed by atoms with Crippen molar-refractivity contribution >= 4 is 17.3 Å². The number of fused-ring (bicyclic) bond motifs is 1. The van der Waals surface area contributed by atoms with Crippen molar-refractivity contribution in [3.63, 3.8) is 0 Å². The van der Waals surface area contributed by atoms with Crippen LogP contribution >= 0.6 is 0 Å². The van der Waals surface area contributed by atoms with Gasteiger partial charge in [-0.2, -0.15) is 13.2 Å². The van der Waals surface area contributed by atoms with Crippen molar-refractivity contribution in [2.75, 3.05) is 23.3 Å². The molecule has 3 nitrogen and oxygen atoms in total. The van der Waals surface area contributed by atoms with Gasteiger partial charge < -0.3 is 10.2 Å². The summed E-state index contributed by atoms with van der Waals surface area (Å²) in [7, 11) is 0. The Hall–Kier alpha value is -2.50. The average Bonchev–Trinajstić information content (AvgIpc) is 2.58. The molecule has 2 aromatic carbocycles. The van der Waals surface area contributed by atoms with Gasteiger partial charge in [-0.15, -0.1) is 0 Å². The van der Waals surface area contributed by atoms with E-state index in [1.54, 1.807) is 4.90 Å². The van der Waals surface area contributed by atoms with E-state index in [0.717, 1.165) is 36.2 Å². The number of para-hydroxylation sites is 1. The van der Waals surface area contributed by atoms with Gasteiger partial charge in [0.25, 0.3) is 0 Å². The van der Waals surface area contributed by atoms with Crippen molar-refractivity contribution in [3.8, 4) is 0 Å². The Balaban J connectivity index is 1.69. The Kier molecular flexibility index (Phi) is 4.46. The van der Waals surface area contributed by atoms with Gasteiger partial charge >= 0.3 is 6.18 Å². The summed E-state index contributed by atoms with van der Waals surface area (Å²) in [6.45, 7) is 0.579. The lowest BCUT2D eigenvalue weighted by molar-refractivity contribution is -0.137. The Labute approximate surface area is 138 Å². The van der Waals surface area contributed by atoms with Gasteiger partial charge in [0.2, 0.25) is 5.91 Å². The molecule has 3 rings (SSSR count). The molecule has 1 N–H and O–H groups in total. The SMILES string of the molecule is O=C(CNc1cccc(C(F)(F)F)c1)N1CCCc2ccccc21. The highest BCUT2D eigenvalue weighted by Gasteiger charge is 2.30. The van der Waals surface area contributed by atoms with E-state index in [-0.39, 0.29) is 18.1 Å². The fourth-order valence-corrected chi connectivity index (χ4v) is 2.87. The second-order valence-corrected chi connectivity index (χ2v) is 5.71. The molecule has 1 heterocycles. The van der Waals surface area contributed by atoms with Crippen molar-refractivity contribution in [1.82, 2.24) is 0 Å². The second kappa shape index (κ2) is 6.55. The molecule has 0 aromatic heterocycles. The number of hydrogen-bond acceptors (Lipinski definition) is 2. The quantitative estimate of drug-likeness (QED) is 0.917. The van der Waals surface area contributed by atoms with E-state index < -0.39 is 11.7 Å². The zero-order chi connectivity index (χ0) is 17.2. The lowest BCUT2D eigenvalue weighted by atomic mass is 10.0. The summed E-state index contributed by atoms with van der Waals surface area (Å²) < 4.78 is 38.2. The molecule has 6 heteroatoms. The molecule has 1 aliphatic rings. The van der Waals surface area contributed by atoms with Gasteiger partial charge in [-0.25, -0.2) is 0 Å². The highest BCUT2D eigenvalue weighted by Crippen LogP contribution is 2.31. The maximum atomic E-state index is 12.7. The van der Waals surface area contributed by atoms with Crippen LogP contribution in [0.2, 0.25) is 0 Å². The van der Waals surface area contributed by atoms with Crippen LogP contribution in [0.25, 0.3) is 0 Å². The van der Waals surface area contributed by atoms with Crippen LogP contribution in [0.4, 0.5) is 24.5 Å². The number of carbonyl (C=O) groups is 1. The van der Waals surface area contributed by atoms with Crippen molar-refractivity contribution in [1.29, 1.82) is 0 Å². The van der Waals surface area contributed by atoms with Gasteiger partial charge in [0.05, 0.1) is 12.1 Å². The van der Waals surface area contributed by atoms with Crippen molar-refractivity contribution < 1.29 is 18.0 Å². The summed E-state index contributed by atoms with van der Waals surface area (Å²) >= 11 is 0. The first-order valence-electron chi connectivity index (χ1n) is 7.74. The summed E-state index contributed by atoms with van der Waals surface area (Å²) in [5.41, 5.74) is 1.56. The number of anilines is 2. The molecule has 1 aliphatic heterocycles. The van der Waals surface area contributed by atoms with Gasteiger partial charge in [-0.05, 0) is 42.7 Å². The van der Waals surface area contributed by atoms with Crippen molar-refractivity contribution in [3.05, 3.63) is 59.7 Å². The van der Waals surface area contributed by atoms with Gasteiger partial charge in [-0.3, -0.25) is 4.79 Å². The maximum Gasteiger partial charge on any atom is 0.416 e. The molecule has 0 bridgehead atoms. The molecule has 0 unspecified atom stereocenters. The Morgan fingerprint density at radius 2 is 1.92 bits per heavy atom. The monoisotopic (exact) mass is 334 g/mol. The van der Waals surface area contributed by atoms with Crippen molar-refractivity contribution in [2.24, 2.45) is 0 Å². The topological polar surface area (TPSA) is 32.3 Å². The minimum absolute atomic E-state index is 0.0460. The van der Waals surface area contributed by atoms with Gasteiger partial charge in [0, 0.05) is 17.9 Å². The number of amides is 1. The van der Waals surface area contributed by atoms with Gasteiger partial charge in [-0.1, -0.05) is 24.3 Å². The maximum absolute atomic E-state index is 12.7. The molecule has 0 fully saturated rings. The smallest absolute Gasteiger partial charge is 0.376 e. The van der Waals surface area contributed by atoms with Gasteiger partial charge in [0.1, 0.15) is 0 Å². The summed E-state index contributed by atoms with van der Waals surface area (Å²) in [5, 5.41) is 2.79. The Bertz CT molecular complexity index is 743. The minimum Gasteiger partial charge on any atom is -0.376 e. The van der Waals surface area contributed by atoms with E-state index in [0.29, 0.717) is 6.54 Å². The number of hydrogen-bond donors (Lipinski definition) is 1. The highest BCUT2D eigenvalue weighted by molar-refractivity contribution is 5.97. The largest absolute Gasteiger partial charge is 0.416 e. The molecule has 0 saturated carbocycles. The molecule has 0 radical (unpaired) electrons. The molecule has 0 saturated heterocycles. The Morgan fingerprint density at radius 3 is 2.71 bits per heavy atom. The van der Waals surface area contributed by atoms with E-state index in [1.165, 1.54) is 12.1 Å². The number of rotatable bonds is 3. The standard InChI is InChI=1S/C18H17F3N2O/c19-18(20,21)14-7-3-8-15(11-14)22-12-17(24)23-10-4-6-13-5-1-2-9-16(13)23/h1-3,5,7-9,11,22H,4,6,10,12H2. The molecular weight excluding hydrogens is 317 g/mol. The van der Waals surface area contributed by atoms with Crippen LogP contribution in [0.5, 0.6) is 0 Å². The highest BCUT2D eigenvalue weighted by atomic mass is 19.4. The van der Waals surface area contributed by atoms with E-state index in [1.807, 2.05) is 24.3 Å². The molecule has 2 aromatic rings. The van der Waals surface area contributed by atoms with Crippen LogP contribution in [0.3, 0.4) is 0 Å². The van der Waals surface area contributed by atoms with Crippen LogP contribution < -0.4 is 10.2 Å². The number of nitrogens with zero attached hydrogens (tertiary/aromatic N) is 1. The predicted molar refractivity (Wildman–Crippen MR) is 87.0 cm³/mol. The number of halogens is 3. The zero-order valence-corrected chi connectivity index (χ0v) is 12.9. The molecule has 1 amide bonds. The molecular formula is C18H17F3N2O. The second-order valence-electron chi connectivity index (χ2n) is 5.71. The molecule has 126 valence electrons. The van der Waals surface area contributed by atoms with Gasteiger partial charge in [0.15, 0.2) is 0 Å². The average molecular weight is 334 g/mol. The third-order valence-electron chi connectivity index (χ3n) is 4.04. The first-order valence-corrected chi connectivity index (χ1v) is 7.74. The molecule has 24 heavy (non-hydrogen) atoms. The van der Waals surface area contributed by atoms with E-state index in [4.69, 9.17) is 0 Å². The lowest BCUT2D eigenvalue weighted by Gasteiger charge is -2.29. The number of carbonyl (C=O) groups excluding carboxylic acids is 1. The van der Waals surface area contributed by atoms with Crippen LogP contribution in [-0.4, -0.2) is 19.0 Å². The number of alkyl halides is 3. The Morgan fingerprint density at radius 1 is 1.12 bits per heavy atom. The third-order valence-corrected chi connectivity index (χ3v) is 4.04. The van der Waals surface area contributed by atoms with Crippen molar-refractivity contribution in [2.45, 2.75) is 19.0 Å². The molecule has 0 aliphatic carbocycles. The predicted octanol–water partition coefficient (Wildman–Crippen LogP) is 4.10. The first kappa shape index (κ1) is 16.4.